The third-order valence-electron chi connectivity index (χ3n) is 4.89. The molecule has 0 saturated heterocycles. The highest BCUT2D eigenvalue weighted by Crippen LogP contribution is 2.32. The van der Waals surface area contributed by atoms with Crippen LogP contribution in [0.1, 0.15) is 25.7 Å². The normalized spacial score (nSPS) is 14.4. The van der Waals surface area contributed by atoms with Gasteiger partial charge in [0.25, 0.3) is 0 Å². The van der Waals surface area contributed by atoms with E-state index in [0.717, 1.165) is 41.4 Å². The Hall–Kier alpha value is -2.38. The van der Waals surface area contributed by atoms with E-state index < -0.39 is 0 Å². The number of amides is 1. The molecular weight excluding hydrogens is 374 g/mol. The van der Waals surface area contributed by atoms with Crippen molar-refractivity contribution in [2.45, 2.75) is 30.7 Å². The summed E-state index contributed by atoms with van der Waals surface area (Å²) in [6.07, 6.45) is 8.01. The molecule has 1 amide bonds. The second-order valence-corrected chi connectivity index (χ2v) is 7.69. The highest BCUT2D eigenvalue weighted by molar-refractivity contribution is 8.00. The summed E-state index contributed by atoms with van der Waals surface area (Å²) in [5.74, 6) is 0.364. The summed E-state index contributed by atoms with van der Waals surface area (Å²) < 4.78 is 11.2. The molecule has 0 unspecified atom stereocenters. The van der Waals surface area contributed by atoms with E-state index in [9.17, 15) is 4.79 Å². The highest BCUT2D eigenvalue weighted by atomic mass is 32.2. The number of furan rings is 1. The summed E-state index contributed by atoms with van der Waals surface area (Å²) in [7, 11) is 1.66. The lowest BCUT2D eigenvalue weighted by Crippen LogP contribution is -2.35. The van der Waals surface area contributed by atoms with Crippen molar-refractivity contribution in [3.05, 3.63) is 42.4 Å². The standard InChI is InChI=1S/C21H23N3O3S/c1-26-12-11-24(15-7-3-2-4-8-15)18(25)13-28-21-20-19(22-14-23-21)16-9-5-6-10-17(16)27-20/h5-7,9-10,14H,2-4,8,11-13H2,1H3. The topological polar surface area (TPSA) is 68.5 Å². The number of nitrogens with zero attached hydrogens (tertiary/aromatic N) is 3. The number of ether oxygens (including phenoxy) is 1. The summed E-state index contributed by atoms with van der Waals surface area (Å²) in [6.45, 7) is 1.10. The lowest BCUT2D eigenvalue weighted by atomic mass is 10.0. The van der Waals surface area contributed by atoms with Gasteiger partial charge >= 0.3 is 0 Å². The number of hydrogen-bond donors (Lipinski definition) is 0. The van der Waals surface area contributed by atoms with E-state index in [0.29, 0.717) is 29.5 Å². The van der Waals surface area contributed by atoms with Crippen molar-refractivity contribution in [2.75, 3.05) is 26.0 Å². The Labute approximate surface area is 168 Å². The molecule has 0 spiro atoms. The molecule has 3 aromatic rings. The summed E-state index contributed by atoms with van der Waals surface area (Å²) in [5, 5.41) is 1.65. The molecule has 7 heteroatoms. The minimum Gasteiger partial charge on any atom is -0.451 e. The minimum atomic E-state index is 0.0677. The summed E-state index contributed by atoms with van der Waals surface area (Å²) in [6, 6.07) is 7.79. The van der Waals surface area contributed by atoms with Crippen molar-refractivity contribution in [1.29, 1.82) is 0 Å². The van der Waals surface area contributed by atoms with Crippen molar-refractivity contribution >= 4 is 39.7 Å². The zero-order valence-electron chi connectivity index (χ0n) is 15.9. The van der Waals surface area contributed by atoms with E-state index in [1.165, 1.54) is 24.5 Å². The van der Waals surface area contributed by atoms with Crippen molar-refractivity contribution in [2.24, 2.45) is 0 Å². The van der Waals surface area contributed by atoms with Crippen LogP contribution in [0.25, 0.3) is 22.1 Å². The highest BCUT2D eigenvalue weighted by Gasteiger charge is 2.21. The van der Waals surface area contributed by atoms with Crippen LogP contribution in [0.2, 0.25) is 0 Å². The predicted molar refractivity (Wildman–Crippen MR) is 110 cm³/mol. The molecule has 0 saturated carbocycles. The average molecular weight is 398 g/mol. The maximum atomic E-state index is 13.0. The largest absolute Gasteiger partial charge is 0.451 e. The molecular formula is C21H23N3O3S. The first kappa shape index (κ1) is 19.0. The summed E-state index contributed by atoms with van der Waals surface area (Å²) in [4.78, 5) is 23.6. The maximum Gasteiger partial charge on any atom is 0.237 e. The van der Waals surface area contributed by atoms with E-state index in [4.69, 9.17) is 9.15 Å². The first-order valence-electron chi connectivity index (χ1n) is 9.51. The van der Waals surface area contributed by atoms with Gasteiger partial charge in [-0.15, -0.1) is 0 Å². The molecule has 28 heavy (non-hydrogen) atoms. The SMILES string of the molecule is COCCN(C(=O)CSc1ncnc2c1oc1ccccc12)C1=CCCCC1. The molecule has 0 bridgehead atoms. The summed E-state index contributed by atoms with van der Waals surface area (Å²) >= 11 is 1.39. The molecule has 0 N–H and O–H groups in total. The molecule has 0 aliphatic heterocycles. The van der Waals surface area contributed by atoms with Gasteiger partial charge in [0.05, 0.1) is 12.4 Å². The van der Waals surface area contributed by atoms with Crippen molar-refractivity contribution < 1.29 is 13.9 Å². The van der Waals surface area contributed by atoms with Crippen molar-refractivity contribution in [3.8, 4) is 0 Å². The number of fused-ring (bicyclic) bond motifs is 3. The van der Waals surface area contributed by atoms with Crippen LogP contribution in [-0.2, 0) is 9.53 Å². The maximum absolute atomic E-state index is 13.0. The van der Waals surface area contributed by atoms with Gasteiger partial charge in [-0.1, -0.05) is 30.0 Å². The smallest absolute Gasteiger partial charge is 0.237 e. The first-order valence-corrected chi connectivity index (χ1v) is 10.5. The van der Waals surface area contributed by atoms with Gasteiger partial charge in [0.1, 0.15) is 22.5 Å². The van der Waals surface area contributed by atoms with Crippen LogP contribution < -0.4 is 0 Å². The number of carbonyl (C=O) groups excluding carboxylic acids is 1. The van der Waals surface area contributed by atoms with Crippen LogP contribution >= 0.6 is 11.8 Å². The van der Waals surface area contributed by atoms with Crippen LogP contribution in [0.15, 0.2) is 51.8 Å². The molecule has 0 atom stereocenters. The lowest BCUT2D eigenvalue weighted by molar-refractivity contribution is -0.127. The van der Waals surface area contributed by atoms with Crippen LogP contribution in [0.3, 0.4) is 0 Å². The van der Waals surface area contributed by atoms with Gasteiger partial charge in [-0.05, 0) is 37.8 Å². The molecule has 2 aromatic heterocycles. The summed E-state index contributed by atoms with van der Waals surface area (Å²) in [5.41, 5.74) is 3.32. The number of para-hydroxylation sites is 1. The predicted octanol–water partition coefficient (Wildman–Crippen LogP) is 4.40. The van der Waals surface area contributed by atoms with Crippen LogP contribution in [0.5, 0.6) is 0 Å². The van der Waals surface area contributed by atoms with Crippen molar-refractivity contribution in [1.82, 2.24) is 14.9 Å². The molecule has 1 aliphatic rings. The Bertz CT molecular complexity index is 1010. The van der Waals surface area contributed by atoms with Gasteiger partial charge < -0.3 is 14.1 Å². The van der Waals surface area contributed by atoms with Gasteiger partial charge in [0, 0.05) is 24.7 Å². The molecule has 4 rings (SSSR count). The molecule has 6 nitrogen and oxygen atoms in total. The fraction of sp³-hybridized carbons (Fsp3) is 0.381. The number of benzene rings is 1. The fourth-order valence-electron chi connectivity index (χ4n) is 3.49. The van der Waals surface area contributed by atoms with Crippen LogP contribution in [0.4, 0.5) is 0 Å². The number of rotatable bonds is 7. The first-order chi connectivity index (χ1) is 13.8. The lowest BCUT2D eigenvalue weighted by Gasteiger charge is -2.27. The number of thioether (sulfide) groups is 1. The van der Waals surface area contributed by atoms with E-state index in [1.807, 2.05) is 29.2 Å². The number of hydrogen-bond acceptors (Lipinski definition) is 6. The van der Waals surface area contributed by atoms with Crippen LogP contribution in [-0.4, -0.2) is 46.8 Å². The van der Waals surface area contributed by atoms with E-state index in [2.05, 4.69) is 16.0 Å². The third kappa shape index (κ3) is 3.91. The molecule has 146 valence electrons. The fourth-order valence-corrected chi connectivity index (χ4v) is 4.30. The number of methoxy groups -OCH3 is 1. The monoisotopic (exact) mass is 397 g/mol. The van der Waals surface area contributed by atoms with Crippen LogP contribution in [0, 0.1) is 0 Å². The minimum absolute atomic E-state index is 0.0677. The third-order valence-corrected chi connectivity index (χ3v) is 5.85. The van der Waals surface area contributed by atoms with E-state index in [1.54, 1.807) is 7.11 Å². The molecule has 0 radical (unpaired) electrons. The van der Waals surface area contributed by atoms with Gasteiger partial charge in [-0.3, -0.25) is 4.79 Å². The van der Waals surface area contributed by atoms with E-state index in [-0.39, 0.29) is 5.91 Å². The molecule has 0 fully saturated rings. The Morgan fingerprint density at radius 2 is 2.18 bits per heavy atom. The molecule has 2 heterocycles. The van der Waals surface area contributed by atoms with Gasteiger partial charge in [-0.25, -0.2) is 9.97 Å². The molecule has 1 aromatic carbocycles. The van der Waals surface area contributed by atoms with Gasteiger partial charge in [0.2, 0.25) is 5.91 Å². The van der Waals surface area contributed by atoms with Crippen molar-refractivity contribution in [3.63, 3.8) is 0 Å². The molecule has 1 aliphatic carbocycles. The van der Waals surface area contributed by atoms with E-state index >= 15 is 0 Å². The zero-order chi connectivity index (χ0) is 19.3. The number of allylic oxidation sites excluding steroid dienone is 2. The Morgan fingerprint density at radius 1 is 1.29 bits per heavy atom. The van der Waals surface area contributed by atoms with Gasteiger partial charge in [-0.2, -0.15) is 0 Å². The quantitative estimate of drug-likeness (QED) is 0.435. The number of carbonyl (C=O) groups is 1. The zero-order valence-corrected chi connectivity index (χ0v) is 16.7. The average Bonchev–Trinajstić information content (AvgIpc) is 3.12. The second kappa shape index (κ2) is 8.75. The second-order valence-electron chi connectivity index (χ2n) is 6.72. The Morgan fingerprint density at radius 3 is 3.00 bits per heavy atom. The Kier molecular flexibility index (Phi) is 5.92. The Balaban J connectivity index is 1.54. The number of aromatic nitrogens is 2. The van der Waals surface area contributed by atoms with Gasteiger partial charge in [0.15, 0.2) is 5.58 Å².